The topological polar surface area (TPSA) is 90.9 Å². The van der Waals surface area contributed by atoms with Crippen molar-refractivity contribution in [3.8, 4) is 5.69 Å². The maximum Gasteiger partial charge on any atom is 0.274 e. The number of carbonyl (C=O) groups is 1. The maximum atomic E-state index is 11.0. The van der Waals surface area contributed by atoms with Crippen LogP contribution in [0.4, 0.5) is 5.69 Å². The van der Waals surface area contributed by atoms with Crippen LogP contribution in [0, 0.1) is 17.0 Å². The fourth-order valence-electron chi connectivity index (χ4n) is 1.47. The smallest absolute Gasteiger partial charge is 0.274 e. The fraction of sp³-hybridized carbons (Fsp3) is 0.100. The van der Waals surface area contributed by atoms with E-state index in [4.69, 9.17) is 11.6 Å². The predicted molar refractivity (Wildman–Crippen MR) is 62.9 cm³/mol. The monoisotopic (exact) mass is 266 g/mol. The van der Waals surface area contributed by atoms with Crippen molar-refractivity contribution in [1.29, 1.82) is 0 Å². The zero-order chi connectivity index (χ0) is 13.3. The molecule has 2 aromatic rings. The molecule has 0 aliphatic carbocycles. The number of nitrogens with zero attached hydrogens (tertiary/aromatic N) is 4. The van der Waals surface area contributed by atoms with Crippen LogP contribution in [0.25, 0.3) is 5.69 Å². The van der Waals surface area contributed by atoms with Gasteiger partial charge in [-0.2, -0.15) is 0 Å². The van der Waals surface area contributed by atoms with Gasteiger partial charge in [-0.05, 0) is 30.7 Å². The Bertz CT molecular complexity index is 621. The molecular weight excluding hydrogens is 260 g/mol. The number of non-ortho nitro benzene ring substituents is 1. The number of aromatic nitrogens is 3. The number of rotatable bonds is 3. The van der Waals surface area contributed by atoms with Crippen molar-refractivity contribution >= 4 is 22.5 Å². The molecule has 0 amide bonds. The first-order chi connectivity index (χ1) is 8.50. The molecule has 0 radical (unpaired) electrons. The molecule has 0 aliphatic heterocycles. The van der Waals surface area contributed by atoms with Crippen LogP contribution in [0.2, 0.25) is 0 Å². The number of benzene rings is 1. The summed E-state index contributed by atoms with van der Waals surface area (Å²) in [5.41, 5.74) is 1.08. The van der Waals surface area contributed by atoms with Crippen LogP contribution < -0.4 is 0 Å². The lowest BCUT2D eigenvalue weighted by molar-refractivity contribution is -0.384. The predicted octanol–water partition coefficient (Wildman–Crippen LogP) is 1.86. The van der Waals surface area contributed by atoms with Gasteiger partial charge in [0, 0.05) is 12.1 Å². The highest BCUT2D eigenvalue weighted by atomic mass is 35.5. The minimum atomic E-state index is -0.694. The van der Waals surface area contributed by atoms with Crippen LogP contribution in [-0.2, 0) is 0 Å². The number of carbonyl (C=O) groups excluding carboxylic acids is 1. The van der Waals surface area contributed by atoms with Gasteiger partial charge in [0.2, 0.25) is 0 Å². The molecule has 1 aromatic carbocycles. The Morgan fingerprint density at radius 1 is 1.39 bits per heavy atom. The summed E-state index contributed by atoms with van der Waals surface area (Å²) in [7, 11) is 0. The van der Waals surface area contributed by atoms with Crippen LogP contribution in [-0.4, -0.2) is 25.2 Å². The molecule has 0 bridgehead atoms. The van der Waals surface area contributed by atoms with E-state index in [1.807, 2.05) is 0 Å². The minimum absolute atomic E-state index is 0.0230. The molecule has 0 N–H and O–H groups in total. The van der Waals surface area contributed by atoms with E-state index < -0.39 is 10.2 Å². The lowest BCUT2D eigenvalue weighted by atomic mass is 10.2. The average Bonchev–Trinajstić information content (AvgIpc) is 2.71. The van der Waals surface area contributed by atoms with Crippen LogP contribution in [0.15, 0.2) is 24.3 Å². The fourth-order valence-corrected chi connectivity index (χ4v) is 1.65. The Balaban J connectivity index is 2.43. The van der Waals surface area contributed by atoms with Crippen LogP contribution in [0.1, 0.15) is 16.2 Å². The molecular formula is C10H7ClN4O3. The van der Waals surface area contributed by atoms with Gasteiger partial charge in [-0.1, -0.05) is 5.21 Å². The summed E-state index contributed by atoms with van der Waals surface area (Å²) in [6, 6.07) is 5.72. The van der Waals surface area contributed by atoms with E-state index in [1.165, 1.54) is 28.9 Å². The van der Waals surface area contributed by atoms with E-state index in [0.29, 0.717) is 11.4 Å². The van der Waals surface area contributed by atoms with E-state index in [0.717, 1.165) is 0 Å². The summed E-state index contributed by atoms with van der Waals surface area (Å²) < 4.78 is 1.39. The molecule has 7 nitrogen and oxygen atoms in total. The third-order valence-corrected chi connectivity index (χ3v) is 2.56. The number of nitro groups is 1. The molecule has 92 valence electrons. The van der Waals surface area contributed by atoms with Gasteiger partial charge in [0.15, 0.2) is 5.69 Å². The number of hydrogen-bond donors (Lipinski definition) is 0. The molecule has 0 unspecified atom stereocenters. The molecule has 1 heterocycles. The first-order valence-electron chi connectivity index (χ1n) is 4.87. The Kier molecular flexibility index (Phi) is 3.07. The SMILES string of the molecule is Cc1c(C(=O)Cl)nnn1-c1ccc([N+](=O)[O-])cc1. The van der Waals surface area contributed by atoms with E-state index in [2.05, 4.69) is 10.3 Å². The molecule has 1 aromatic heterocycles. The van der Waals surface area contributed by atoms with E-state index >= 15 is 0 Å². The summed E-state index contributed by atoms with van der Waals surface area (Å²) in [6.07, 6.45) is 0. The van der Waals surface area contributed by atoms with Crippen molar-refractivity contribution in [2.45, 2.75) is 6.92 Å². The van der Waals surface area contributed by atoms with Crippen LogP contribution in [0.5, 0.6) is 0 Å². The van der Waals surface area contributed by atoms with Crippen molar-refractivity contribution in [2.75, 3.05) is 0 Å². The van der Waals surface area contributed by atoms with Gasteiger partial charge in [0.1, 0.15) is 0 Å². The molecule has 2 rings (SSSR count). The molecule has 18 heavy (non-hydrogen) atoms. The zero-order valence-electron chi connectivity index (χ0n) is 9.20. The first-order valence-corrected chi connectivity index (χ1v) is 5.25. The van der Waals surface area contributed by atoms with Gasteiger partial charge in [0.25, 0.3) is 10.9 Å². The highest BCUT2D eigenvalue weighted by Crippen LogP contribution is 2.17. The summed E-state index contributed by atoms with van der Waals surface area (Å²) in [5.74, 6) is 0. The Morgan fingerprint density at radius 2 is 2.00 bits per heavy atom. The van der Waals surface area contributed by atoms with Gasteiger partial charge in [0.05, 0.1) is 16.3 Å². The second-order valence-corrected chi connectivity index (χ2v) is 3.83. The molecule has 0 atom stereocenters. The summed E-state index contributed by atoms with van der Waals surface area (Å²) >= 11 is 5.33. The summed E-state index contributed by atoms with van der Waals surface area (Å²) in [4.78, 5) is 21.0. The van der Waals surface area contributed by atoms with Gasteiger partial charge in [-0.3, -0.25) is 14.9 Å². The molecule has 8 heteroatoms. The lowest BCUT2D eigenvalue weighted by Gasteiger charge is -2.02. The highest BCUT2D eigenvalue weighted by Gasteiger charge is 2.15. The highest BCUT2D eigenvalue weighted by molar-refractivity contribution is 6.67. The van der Waals surface area contributed by atoms with Crippen LogP contribution >= 0.6 is 11.6 Å². The van der Waals surface area contributed by atoms with Gasteiger partial charge >= 0.3 is 0 Å². The number of hydrogen-bond acceptors (Lipinski definition) is 5. The van der Waals surface area contributed by atoms with E-state index in [1.54, 1.807) is 6.92 Å². The quantitative estimate of drug-likeness (QED) is 0.480. The van der Waals surface area contributed by atoms with Crippen molar-refractivity contribution in [1.82, 2.24) is 15.0 Å². The third-order valence-electron chi connectivity index (χ3n) is 2.39. The molecule has 0 saturated carbocycles. The number of halogens is 1. The normalized spacial score (nSPS) is 10.3. The zero-order valence-corrected chi connectivity index (χ0v) is 9.96. The van der Waals surface area contributed by atoms with Crippen molar-refractivity contribution in [3.05, 3.63) is 45.8 Å². The Hall–Kier alpha value is -2.28. The van der Waals surface area contributed by atoms with Gasteiger partial charge in [-0.15, -0.1) is 5.10 Å². The van der Waals surface area contributed by atoms with Gasteiger partial charge < -0.3 is 0 Å². The second kappa shape index (κ2) is 4.53. The standard InChI is InChI=1S/C10H7ClN4O3/c1-6-9(10(11)16)12-13-14(6)7-2-4-8(5-3-7)15(17)18/h2-5H,1H3. The summed E-state index contributed by atoms with van der Waals surface area (Å²) in [5, 5.41) is 17.2. The maximum absolute atomic E-state index is 11.0. The molecule has 0 fully saturated rings. The van der Waals surface area contributed by atoms with Crippen molar-refractivity contribution < 1.29 is 9.72 Å². The van der Waals surface area contributed by atoms with Crippen LogP contribution in [0.3, 0.4) is 0 Å². The van der Waals surface area contributed by atoms with E-state index in [9.17, 15) is 14.9 Å². The minimum Gasteiger partial charge on any atom is -0.274 e. The molecule has 0 saturated heterocycles. The molecule has 0 spiro atoms. The average molecular weight is 267 g/mol. The van der Waals surface area contributed by atoms with Crippen molar-refractivity contribution in [2.24, 2.45) is 0 Å². The Labute approximate surface area is 106 Å². The molecule has 0 aliphatic rings. The third kappa shape index (κ3) is 2.07. The number of nitro benzene ring substituents is 1. The second-order valence-electron chi connectivity index (χ2n) is 3.48. The summed E-state index contributed by atoms with van der Waals surface area (Å²) in [6.45, 7) is 1.64. The van der Waals surface area contributed by atoms with Crippen molar-refractivity contribution in [3.63, 3.8) is 0 Å². The Morgan fingerprint density at radius 3 is 2.44 bits per heavy atom. The lowest BCUT2D eigenvalue weighted by Crippen LogP contribution is -2.00. The van der Waals surface area contributed by atoms with Gasteiger partial charge in [-0.25, -0.2) is 4.68 Å². The largest absolute Gasteiger partial charge is 0.274 e. The van der Waals surface area contributed by atoms with E-state index in [-0.39, 0.29) is 11.4 Å². The first kappa shape index (κ1) is 12.2.